The molecule has 0 unspecified atom stereocenters. The lowest BCUT2D eigenvalue weighted by Gasteiger charge is -2.05. The lowest BCUT2D eigenvalue weighted by Crippen LogP contribution is -2.14. The maximum atomic E-state index is 11.8. The minimum absolute atomic E-state index is 0.260. The molecular formula is C12H10N4OS. The number of carbonyl (C=O) groups is 1. The van der Waals surface area contributed by atoms with Gasteiger partial charge in [0.25, 0.3) is 5.91 Å². The third-order valence-electron chi connectivity index (χ3n) is 2.22. The summed E-state index contributed by atoms with van der Waals surface area (Å²) in [5.41, 5.74) is 7.14. The quantitative estimate of drug-likeness (QED) is 0.812. The van der Waals surface area contributed by atoms with Gasteiger partial charge in [0.15, 0.2) is 0 Å². The molecule has 2 rings (SSSR count). The molecule has 0 saturated heterocycles. The first-order valence-corrected chi connectivity index (χ1v) is 5.55. The van der Waals surface area contributed by atoms with Crippen LogP contribution >= 0.6 is 12.2 Å². The second-order valence-electron chi connectivity index (χ2n) is 3.49. The van der Waals surface area contributed by atoms with Gasteiger partial charge in [-0.3, -0.25) is 9.78 Å². The Balaban J connectivity index is 2.10. The van der Waals surface area contributed by atoms with Crippen LogP contribution in [0.25, 0.3) is 0 Å². The van der Waals surface area contributed by atoms with Crippen molar-refractivity contribution in [2.24, 2.45) is 5.73 Å². The molecule has 0 aliphatic carbocycles. The van der Waals surface area contributed by atoms with Gasteiger partial charge in [0.1, 0.15) is 10.7 Å². The fourth-order valence-electron chi connectivity index (χ4n) is 1.33. The fraction of sp³-hybridized carbons (Fsp3) is 0. The van der Waals surface area contributed by atoms with E-state index >= 15 is 0 Å². The first-order valence-electron chi connectivity index (χ1n) is 5.14. The van der Waals surface area contributed by atoms with Gasteiger partial charge in [0, 0.05) is 23.6 Å². The number of thiocarbonyl (C=S) groups is 1. The number of aromatic nitrogens is 2. The molecule has 0 radical (unpaired) electrons. The maximum Gasteiger partial charge on any atom is 0.275 e. The van der Waals surface area contributed by atoms with Crippen LogP contribution in [-0.2, 0) is 0 Å². The minimum Gasteiger partial charge on any atom is -0.389 e. The molecule has 0 aliphatic heterocycles. The molecule has 0 bridgehead atoms. The highest BCUT2D eigenvalue weighted by Gasteiger charge is 2.07. The van der Waals surface area contributed by atoms with E-state index in [2.05, 4.69) is 15.3 Å². The highest BCUT2D eigenvalue weighted by Crippen LogP contribution is 2.10. The molecule has 1 amide bonds. The molecule has 18 heavy (non-hydrogen) atoms. The number of anilines is 1. The van der Waals surface area contributed by atoms with Gasteiger partial charge >= 0.3 is 0 Å². The number of benzene rings is 1. The summed E-state index contributed by atoms with van der Waals surface area (Å²) in [6.45, 7) is 0. The van der Waals surface area contributed by atoms with Gasteiger partial charge in [0.05, 0.1) is 6.20 Å². The molecule has 1 aromatic heterocycles. The normalized spacial score (nSPS) is 9.78. The number of nitrogens with one attached hydrogen (secondary N) is 1. The molecule has 0 saturated carbocycles. The van der Waals surface area contributed by atoms with Crippen molar-refractivity contribution in [3.8, 4) is 0 Å². The first kappa shape index (κ1) is 12.1. The molecule has 2 aromatic rings. The molecule has 0 aliphatic rings. The predicted octanol–water partition coefficient (Wildman–Crippen LogP) is 1.36. The lowest BCUT2D eigenvalue weighted by molar-refractivity contribution is 0.102. The Kier molecular flexibility index (Phi) is 3.59. The fourth-order valence-corrected chi connectivity index (χ4v) is 1.47. The molecule has 0 fully saturated rings. The number of carbonyl (C=O) groups excluding carboxylic acids is 1. The Hall–Kier alpha value is -2.34. The lowest BCUT2D eigenvalue weighted by atomic mass is 10.2. The van der Waals surface area contributed by atoms with Crippen LogP contribution in [0.3, 0.4) is 0 Å². The largest absolute Gasteiger partial charge is 0.389 e. The predicted molar refractivity (Wildman–Crippen MR) is 72.3 cm³/mol. The third-order valence-corrected chi connectivity index (χ3v) is 2.46. The van der Waals surface area contributed by atoms with E-state index in [4.69, 9.17) is 18.0 Å². The van der Waals surface area contributed by atoms with E-state index < -0.39 is 0 Å². The summed E-state index contributed by atoms with van der Waals surface area (Å²) in [5.74, 6) is -0.314. The summed E-state index contributed by atoms with van der Waals surface area (Å²) in [7, 11) is 0. The number of rotatable bonds is 3. The van der Waals surface area contributed by atoms with Crippen molar-refractivity contribution in [2.45, 2.75) is 0 Å². The van der Waals surface area contributed by atoms with Gasteiger partial charge in [-0.1, -0.05) is 12.2 Å². The van der Waals surface area contributed by atoms with Crippen molar-refractivity contribution in [3.05, 3.63) is 54.1 Å². The molecule has 3 N–H and O–H groups in total. The van der Waals surface area contributed by atoms with E-state index in [-0.39, 0.29) is 11.6 Å². The molecule has 5 nitrogen and oxygen atoms in total. The van der Waals surface area contributed by atoms with Crippen LogP contribution in [0, 0.1) is 0 Å². The average Bonchev–Trinajstić information content (AvgIpc) is 2.40. The summed E-state index contributed by atoms with van der Waals surface area (Å²) in [5, 5.41) is 2.70. The Bertz CT molecular complexity index is 568. The first-order chi connectivity index (χ1) is 8.66. The number of nitrogens with zero attached hydrogens (tertiary/aromatic N) is 2. The Morgan fingerprint density at radius 3 is 2.50 bits per heavy atom. The zero-order chi connectivity index (χ0) is 13.0. The van der Waals surface area contributed by atoms with Gasteiger partial charge in [0.2, 0.25) is 0 Å². The van der Waals surface area contributed by atoms with Gasteiger partial charge in [-0.2, -0.15) is 0 Å². The summed E-state index contributed by atoms with van der Waals surface area (Å²) in [4.78, 5) is 19.8. The summed E-state index contributed by atoms with van der Waals surface area (Å²) >= 11 is 4.84. The highest BCUT2D eigenvalue weighted by atomic mass is 32.1. The topological polar surface area (TPSA) is 80.9 Å². The summed E-state index contributed by atoms with van der Waals surface area (Å²) < 4.78 is 0. The second-order valence-corrected chi connectivity index (χ2v) is 3.93. The SMILES string of the molecule is NC(=S)c1ccc(NC(=O)c2cnccn2)cc1. The maximum absolute atomic E-state index is 11.8. The molecule has 1 heterocycles. The second kappa shape index (κ2) is 5.33. The molecule has 1 aromatic carbocycles. The van der Waals surface area contributed by atoms with E-state index in [0.717, 1.165) is 5.56 Å². The van der Waals surface area contributed by atoms with E-state index in [9.17, 15) is 4.79 Å². The Morgan fingerprint density at radius 2 is 1.94 bits per heavy atom. The molecule has 6 heteroatoms. The highest BCUT2D eigenvalue weighted by molar-refractivity contribution is 7.80. The van der Waals surface area contributed by atoms with Crippen molar-refractivity contribution in [2.75, 3.05) is 5.32 Å². The number of nitrogens with two attached hydrogens (primary N) is 1. The zero-order valence-electron chi connectivity index (χ0n) is 9.33. The van der Waals surface area contributed by atoms with E-state index in [0.29, 0.717) is 10.7 Å². The Labute approximate surface area is 109 Å². The van der Waals surface area contributed by atoms with E-state index in [1.54, 1.807) is 24.3 Å². The number of amides is 1. The van der Waals surface area contributed by atoms with Gasteiger partial charge in [-0.25, -0.2) is 4.98 Å². The van der Waals surface area contributed by atoms with Crippen LogP contribution in [0.15, 0.2) is 42.9 Å². The minimum atomic E-state index is -0.314. The van der Waals surface area contributed by atoms with Crippen LogP contribution in [0.4, 0.5) is 5.69 Å². The number of hydrogen-bond donors (Lipinski definition) is 2. The number of hydrogen-bond acceptors (Lipinski definition) is 4. The van der Waals surface area contributed by atoms with Gasteiger partial charge < -0.3 is 11.1 Å². The van der Waals surface area contributed by atoms with Crippen molar-refractivity contribution in [1.29, 1.82) is 0 Å². The van der Waals surface area contributed by atoms with E-state index in [1.165, 1.54) is 18.6 Å². The third kappa shape index (κ3) is 2.86. The van der Waals surface area contributed by atoms with E-state index in [1.807, 2.05) is 0 Å². The molecule has 0 atom stereocenters. The van der Waals surface area contributed by atoms with Crippen molar-refractivity contribution in [1.82, 2.24) is 9.97 Å². The summed E-state index contributed by atoms with van der Waals surface area (Å²) in [6, 6.07) is 6.94. The van der Waals surface area contributed by atoms with Crippen LogP contribution in [0.1, 0.15) is 16.1 Å². The van der Waals surface area contributed by atoms with Crippen LogP contribution in [-0.4, -0.2) is 20.9 Å². The average molecular weight is 258 g/mol. The Morgan fingerprint density at radius 1 is 1.22 bits per heavy atom. The van der Waals surface area contributed by atoms with Crippen LogP contribution in [0.2, 0.25) is 0 Å². The van der Waals surface area contributed by atoms with Crippen LogP contribution < -0.4 is 11.1 Å². The van der Waals surface area contributed by atoms with Gasteiger partial charge in [-0.05, 0) is 24.3 Å². The monoisotopic (exact) mass is 258 g/mol. The van der Waals surface area contributed by atoms with Crippen LogP contribution in [0.5, 0.6) is 0 Å². The smallest absolute Gasteiger partial charge is 0.275 e. The molecule has 0 spiro atoms. The van der Waals surface area contributed by atoms with Gasteiger partial charge in [-0.15, -0.1) is 0 Å². The van der Waals surface area contributed by atoms with Crippen molar-refractivity contribution >= 4 is 28.8 Å². The molecule has 90 valence electrons. The molecular weight excluding hydrogens is 248 g/mol. The van der Waals surface area contributed by atoms with Crippen molar-refractivity contribution in [3.63, 3.8) is 0 Å². The van der Waals surface area contributed by atoms with Crippen molar-refractivity contribution < 1.29 is 4.79 Å². The summed E-state index contributed by atoms with van der Waals surface area (Å²) in [6.07, 6.45) is 4.37. The zero-order valence-corrected chi connectivity index (χ0v) is 10.1. The standard InChI is InChI=1S/C12H10N4OS/c13-11(18)8-1-3-9(4-2-8)16-12(17)10-7-14-5-6-15-10/h1-7H,(H2,13,18)(H,16,17).